The van der Waals surface area contributed by atoms with Gasteiger partial charge in [-0.1, -0.05) is 0 Å². The quantitative estimate of drug-likeness (QED) is 0.0702. The first-order valence-corrected chi connectivity index (χ1v) is 34.9. The maximum Gasteiger partial charge on any atom is 0.292 e. The summed E-state index contributed by atoms with van der Waals surface area (Å²) in [5, 5.41) is 40.1. The third kappa shape index (κ3) is 13.1. The van der Waals surface area contributed by atoms with Gasteiger partial charge in [0.1, 0.15) is 51.5 Å². The van der Waals surface area contributed by atoms with E-state index in [1.807, 2.05) is 97.9 Å². The first-order valence-electron chi connectivity index (χ1n) is 34.9. The number of carbonyl (C=O) groups is 3. The van der Waals surface area contributed by atoms with E-state index >= 15 is 0 Å². The summed E-state index contributed by atoms with van der Waals surface area (Å²) in [7, 11) is 10.4. The average Bonchev–Trinajstić information content (AvgIpc) is 1.77. The van der Waals surface area contributed by atoms with Crippen molar-refractivity contribution in [3.63, 3.8) is 0 Å². The summed E-state index contributed by atoms with van der Waals surface area (Å²) >= 11 is 0. The minimum absolute atomic E-state index is 0.0672. The summed E-state index contributed by atoms with van der Waals surface area (Å²) in [6.07, 6.45) is 25.0. The highest BCUT2D eigenvalue weighted by Gasteiger charge is 2.47. The predicted octanol–water partition coefficient (Wildman–Crippen LogP) is 7.22. The fraction of sp³-hybridized carbons (Fsp3) is 0.250. The first kappa shape index (κ1) is 69.4. The molecule has 33 heteroatoms. The van der Waals surface area contributed by atoms with Crippen LogP contribution in [0, 0.1) is 45.4 Å². The molecule has 3 amide bonds. The van der Waals surface area contributed by atoms with E-state index in [2.05, 4.69) is 91.4 Å². The zero-order chi connectivity index (χ0) is 76.3. The highest BCUT2D eigenvalue weighted by Crippen LogP contribution is 2.50. The van der Waals surface area contributed by atoms with Crippen molar-refractivity contribution in [1.82, 2.24) is 104 Å². The molecule has 15 aromatic heterocycles. The highest BCUT2D eigenvalue weighted by molar-refractivity contribution is 6.03. The van der Waals surface area contributed by atoms with Gasteiger partial charge in [-0.15, -0.1) is 0 Å². The Morgan fingerprint density at radius 2 is 0.761 bits per heavy atom. The number of fused-ring (bicyclic) bond motifs is 6. The van der Waals surface area contributed by atoms with E-state index in [0.717, 1.165) is 79.9 Å². The van der Waals surface area contributed by atoms with Gasteiger partial charge < -0.3 is 33.2 Å². The predicted molar refractivity (Wildman–Crippen MR) is 410 cm³/mol. The van der Waals surface area contributed by atoms with Crippen LogP contribution < -0.4 is 49.8 Å². The van der Waals surface area contributed by atoms with Crippen LogP contribution in [0.1, 0.15) is 76.2 Å². The number of nitrogens with two attached hydrogens (primary N) is 3. The van der Waals surface area contributed by atoms with Crippen LogP contribution in [0.5, 0.6) is 0 Å². The summed E-state index contributed by atoms with van der Waals surface area (Å²) in [5.74, 6) is 2.32. The van der Waals surface area contributed by atoms with Gasteiger partial charge in [-0.25, -0.2) is 58.9 Å². The van der Waals surface area contributed by atoms with Gasteiger partial charge in [0.25, 0.3) is 16.7 Å². The number of rotatable bonds is 12. The van der Waals surface area contributed by atoms with Crippen molar-refractivity contribution in [1.29, 1.82) is 0 Å². The van der Waals surface area contributed by atoms with Gasteiger partial charge >= 0.3 is 0 Å². The van der Waals surface area contributed by atoms with Crippen molar-refractivity contribution in [2.45, 2.75) is 64.7 Å². The van der Waals surface area contributed by atoms with Crippen LogP contribution in [0.25, 0.3) is 98.8 Å². The van der Waals surface area contributed by atoms with Gasteiger partial charge in [0.15, 0.2) is 0 Å². The second-order valence-corrected chi connectivity index (χ2v) is 28.0. The molecule has 18 rings (SSSR count). The normalized spacial score (nSPS) is 16.9. The van der Waals surface area contributed by atoms with Crippen LogP contribution in [-0.4, -0.2) is 121 Å². The molecule has 3 aliphatic carbocycles. The monoisotopic (exact) mass is 1460 g/mol. The van der Waals surface area contributed by atoms with Gasteiger partial charge in [0.05, 0.1) is 54.3 Å². The van der Waals surface area contributed by atoms with Crippen LogP contribution in [0.3, 0.4) is 0 Å². The molecule has 15 aromatic rings. The molecular weight excluding hydrogens is 1390 g/mol. The first-order chi connectivity index (χ1) is 52.3. The Hall–Kier alpha value is -14.0. The maximum absolute atomic E-state index is 12.9. The molecule has 9 N–H and O–H groups in total. The Balaban J connectivity index is 0.000000124. The standard InChI is InChI=1S/C26H25N9O2.2C25H23N9O2/c1-12-18-10-30-35(4)26(37)23(18)31-13(2)22(12)20-5-14-6-21(28-9-19(14)24(27)32-20)33-25(36)17-7-16(17)15-8-29-34(3)11-15;1-12-16(4-14-8-29-34(3)25(36)22(14)30-12)20-5-13-6-21(27-10-19(13)23(26)31-20)32-24(35)18-7-17(18)15-9-28-33(2)11-15;1-12-17(8-28-22-18(12)10-30-34(3)25(22)36)20-4-13-5-21(27-9-19(13)23(26)31-20)32-24(35)16-6-15(16)14-7-29-33(2)11-14/h5-6,8-11,16-17H,7H2,1-4H3,(H2,27,32)(H,28,33,36);4-6,8-11,17-18H,7H2,1-3H3,(H2,26,31)(H,27,32,35);4-5,7-11,15-16H,6H2,1-3H3,(H2,26,31)(H,27,32,35)/t16-,17+;17-,18+;15-,16+/m111/s1. The van der Waals surface area contributed by atoms with Crippen molar-refractivity contribution >= 4 is 118 Å². The van der Waals surface area contributed by atoms with Crippen LogP contribution >= 0.6 is 0 Å². The molecule has 3 fully saturated rings. The van der Waals surface area contributed by atoms with Crippen molar-refractivity contribution in [2.75, 3.05) is 33.2 Å². The number of aryl methyl sites for hydroxylation is 10. The van der Waals surface area contributed by atoms with Gasteiger partial charge in [0.2, 0.25) is 17.7 Å². The maximum atomic E-state index is 12.9. The number of hydrogen-bond donors (Lipinski definition) is 6. The van der Waals surface area contributed by atoms with E-state index in [0.29, 0.717) is 112 Å². The number of aromatic nitrogens is 21. The molecule has 0 aromatic carbocycles. The molecule has 0 radical (unpaired) electrons. The summed E-state index contributed by atoms with van der Waals surface area (Å²) in [5.41, 5.74) is 29.4. The second kappa shape index (κ2) is 26.8. The van der Waals surface area contributed by atoms with Crippen molar-refractivity contribution in [2.24, 2.45) is 60.0 Å². The fourth-order valence-electron chi connectivity index (χ4n) is 14.2. The molecule has 0 unspecified atom stereocenters. The average molecular weight is 1460 g/mol. The molecule has 3 saturated carbocycles. The lowest BCUT2D eigenvalue weighted by Gasteiger charge is -2.14. The van der Waals surface area contributed by atoms with Crippen molar-refractivity contribution in [3.05, 3.63) is 193 Å². The molecule has 0 aliphatic heterocycles. The SMILES string of the molecule is Cc1c(-c2cc3cc(NC(=O)[C@H]4C[C@@H]4c4cnn(C)c4)ncc3c(N)n2)cnc2c(=O)n(C)ncc12.Cc1nc2c(=O)n(C)ncc2c(C)c1-c1cc2cc(NC(=O)[C@H]3C[C@@H]3c3cnn(C)c3)ncc2c(N)n1.Cc1nc2c(=O)n(C)ncc2cc1-c1cc2cc(NC(=O)[C@H]3C[C@@H]3c3cnn(C)c3)ncc2c(N)n1. The van der Waals surface area contributed by atoms with Gasteiger partial charge in [0, 0.05) is 164 Å². The second-order valence-electron chi connectivity index (χ2n) is 28.0. The fourth-order valence-corrected chi connectivity index (χ4v) is 14.2. The molecule has 33 nitrogen and oxygen atoms in total. The number of nitrogens with zero attached hydrogens (tertiary/aromatic N) is 21. The van der Waals surface area contributed by atoms with Crippen LogP contribution in [0.15, 0.2) is 137 Å². The van der Waals surface area contributed by atoms with Crippen LogP contribution in [-0.2, 0) is 56.7 Å². The summed E-state index contributed by atoms with van der Waals surface area (Å²) in [6.45, 7) is 7.48. The third-order valence-electron chi connectivity index (χ3n) is 20.5. The molecule has 0 spiro atoms. The summed E-state index contributed by atoms with van der Waals surface area (Å²) in [6, 6.07) is 12.9. The van der Waals surface area contributed by atoms with Gasteiger partial charge in [-0.2, -0.15) is 30.6 Å². The van der Waals surface area contributed by atoms with E-state index < -0.39 is 0 Å². The number of carbonyl (C=O) groups excluding carboxylic acids is 3. The molecule has 0 bridgehead atoms. The minimum atomic E-state index is -0.263. The van der Waals surface area contributed by atoms with Crippen molar-refractivity contribution in [3.8, 4) is 33.8 Å². The smallest absolute Gasteiger partial charge is 0.292 e. The minimum Gasteiger partial charge on any atom is -0.383 e. The lowest BCUT2D eigenvalue weighted by Crippen LogP contribution is -2.20. The number of pyridine rings is 9. The van der Waals surface area contributed by atoms with Gasteiger partial charge in [-0.05, 0) is 151 Å². The summed E-state index contributed by atoms with van der Waals surface area (Å²) in [4.78, 5) is 116. The molecule has 6 atom stereocenters. The zero-order valence-electron chi connectivity index (χ0n) is 60.7. The Morgan fingerprint density at radius 3 is 1.20 bits per heavy atom. The van der Waals surface area contributed by atoms with Crippen LogP contribution in [0.2, 0.25) is 0 Å². The number of amides is 3. The topological polar surface area (TPSA) is 439 Å². The molecule has 15 heterocycles. The van der Waals surface area contributed by atoms with E-state index in [9.17, 15) is 28.8 Å². The van der Waals surface area contributed by atoms with Gasteiger partial charge in [-0.3, -0.25) is 42.8 Å². The lowest BCUT2D eigenvalue weighted by atomic mass is 9.99. The number of nitrogen functional groups attached to an aromatic ring is 3. The lowest BCUT2D eigenvalue weighted by molar-refractivity contribution is -0.118. The van der Waals surface area contributed by atoms with E-state index in [4.69, 9.17) is 17.2 Å². The zero-order valence-corrected chi connectivity index (χ0v) is 60.7. The highest BCUT2D eigenvalue weighted by atomic mass is 16.2. The Kier molecular flexibility index (Phi) is 17.1. The number of anilines is 6. The Labute approximate surface area is 617 Å². The number of hydrogen-bond acceptors (Lipinski definition) is 24. The summed E-state index contributed by atoms with van der Waals surface area (Å²) < 4.78 is 9.00. The largest absolute Gasteiger partial charge is 0.383 e. The van der Waals surface area contributed by atoms with E-state index in [1.165, 1.54) is 14.0 Å². The Morgan fingerprint density at radius 1 is 0.376 bits per heavy atom. The number of nitrogens with one attached hydrogen (secondary N) is 3. The Bertz CT molecular complexity index is 6370. The third-order valence-corrected chi connectivity index (χ3v) is 20.5. The van der Waals surface area contributed by atoms with Crippen molar-refractivity contribution < 1.29 is 14.4 Å². The molecule has 109 heavy (non-hydrogen) atoms. The molecular formula is C76H71N27O6. The van der Waals surface area contributed by atoms with E-state index in [-0.39, 0.29) is 69.9 Å². The molecule has 0 saturated heterocycles. The van der Waals surface area contributed by atoms with E-state index in [1.54, 1.807) is 109 Å². The van der Waals surface area contributed by atoms with Crippen LogP contribution in [0.4, 0.5) is 34.9 Å². The molecule has 546 valence electrons. The molecule has 3 aliphatic rings.